The van der Waals surface area contributed by atoms with Gasteiger partial charge in [-0.2, -0.15) is 0 Å². The van der Waals surface area contributed by atoms with Crippen LogP contribution in [0.2, 0.25) is 5.02 Å². The van der Waals surface area contributed by atoms with Gasteiger partial charge in [-0.15, -0.1) is 0 Å². The molecule has 0 atom stereocenters. The number of aryl methyl sites for hydroxylation is 3. The highest BCUT2D eigenvalue weighted by Crippen LogP contribution is 2.32. The largest absolute Gasteiger partial charge is 0.0837 e. The van der Waals surface area contributed by atoms with Gasteiger partial charge in [-0.3, -0.25) is 0 Å². The van der Waals surface area contributed by atoms with Gasteiger partial charge in [0.15, 0.2) is 0 Å². The van der Waals surface area contributed by atoms with Gasteiger partial charge < -0.3 is 0 Å². The zero-order chi connectivity index (χ0) is 11.2. The highest BCUT2D eigenvalue weighted by molar-refractivity contribution is 6.33. The van der Waals surface area contributed by atoms with Gasteiger partial charge >= 0.3 is 0 Å². The Balaban J connectivity index is 3.00. The molecule has 2 rings (SSSR count). The third-order valence-electron chi connectivity index (χ3n) is 3.20. The topological polar surface area (TPSA) is 0 Å². The van der Waals surface area contributed by atoms with E-state index in [1.54, 1.807) is 0 Å². The standard InChI is InChI=1S/C14H15Cl/c1-8-5-6-12-11(4)14(15)10(3)9(2)13(12)7-8/h5-7H,1-4H3. The van der Waals surface area contributed by atoms with E-state index in [0.717, 1.165) is 5.02 Å². The van der Waals surface area contributed by atoms with Crippen LogP contribution in [0.4, 0.5) is 0 Å². The molecule has 0 fully saturated rings. The summed E-state index contributed by atoms with van der Waals surface area (Å²) in [6, 6.07) is 6.54. The molecule has 2 aromatic carbocycles. The molecule has 0 aliphatic carbocycles. The van der Waals surface area contributed by atoms with E-state index in [1.165, 1.54) is 33.0 Å². The molecule has 0 aliphatic heterocycles. The third-order valence-corrected chi connectivity index (χ3v) is 3.77. The molecule has 0 nitrogen and oxygen atoms in total. The normalized spacial score (nSPS) is 11.0. The smallest absolute Gasteiger partial charge is 0.0473 e. The molecule has 1 heteroatoms. The Bertz CT molecular complexity index is 539. The summed E-state index contributed by atoms with van der Waals surface area (Å²) in [4.78, 5) is 0. The molecule has 0 heterocycles. The number of benzene rings is 2. The monoisotopic (exact) mass is 218 g/mol. The SMILES string of the molecule is Cc1ccc2c(C)c(Cl)c(C)c(C)c2c1. The minimum absolute atomic E-state index is 0.906. The Labute approximate surface area is 95.9 Å². The van der Waals surface area contributed by atoms with Crippen molar-refractivity contribution in [3.63, 3.8) is 0 Å². The van der Waals surface area contributed by atoms with Crippen molar-refractivity contribution in [1.82, 2.24) is 0 Å². The van der Waals surface area contributed by atoms with Crippen molar-refractivity contribution in [2.24, 2.45) is 0 Å². The van der Waals surface area contributed by atoms with Crippen LogP contribution in [0, 0.1) is 27.7 Å². The highest BCUT2D eigenvalue weighted by atomic mass is 35.5. The van der Waals surface area contributed by atoms with Crippen molar-refractivity contribution in [2.75, 3.05) is 0 Å². The predicted molar refractivity (Wildman–Crippen MR) is 67.9 cm³/mol. The second-order valence-electron chi connectivity index (χ2n) is 4.24. The molecule has 0 saturated carbocycles. The van der Waals surface area contributed by atoms with Gasteiger partial charge in [0, 0.05) is 5.02 Å². The Morgan fingerprint density at radius 3 is 2.13 bits per heavy atom. The van der Waals surface area contributed by atoms with Crippen molar-refractivity contribution in [1.29, 1.82) is 0 Å². The van der Waals surface area contributed by atoms with Crippen molar-refractivity contribution in [2.45, 2.75) is 27.7 Å². The van der Waals surface area contributed by atoms with Gasteiger partial charge in [0.05, 0.1) is 0 Å². The average molecular weight is 219 g/mol. The molecule has 15 heavy (non-hydrogen) atoms. The summed E-state index contributed by atoms with van der Waals surface area (Å²) in [6.45, 7) is 8.44. The molecule has 0 bridgehead atoms. The van der Waals surface area contributed by atoms with Gasteiger partial charge in [0.25, 0.3) is 0 Å². The van der Waals surface area contributed by atoms with Gasteiger partial charge in [0.1, 0.15) is 0 Å². The van der Waals surface area contributed by atoms with E-state index >= 15 is 0 Å². The van der Waals surface area contributed by atoms with E-state index in [4.69, 9.17) is 11.6 Å². The van der Waals surface area contributed by atoms with E-state index in [0.29, 0.717) is 0 Å². The summed E-state index contributed by atoms with van der Waals surface area (Å²) in [5.74, 6) is 0. The first-order chi connectivity index (χ1) is 7.02. The second kappa shape index (κ2) is 3.53. The van der Waals surface area contributed by atoms with E-state index in [1.807, 2.05) is 0 Å². The van der Waals surface area contributed by atoms with Crippen molar-refractivity contribution in [3.8, 4) is 0 Å². The number of fused-ring (bicyclic) bond motifs is 1. The van der Waals surface area contributed by atoms with Crippen LogP contribution in [-0.2, 0) is 0 Å². The lowest BCUT2D eigenvalue weighted by atomic mass is 9.95. The number of hydrogen-bond donors (Lipinski definition) is 0. The maximum Gasteiger partial charge on any atom is 0.0473 e. The zero-order valence-electron chi connectivity index (χ0n) is 9.61. The van der Waals surface area contributed by atoms with Crippen LogP contribution in [0.5, 0.6) is 0 Å². The molecule has 0 aromatic heterocycles. The fourth-order valence-corrected chi connectivity index (χ4v) is 2.30. The van der Waals surface area contributed by atoms with Gasteiger partial charge in [0.2, 0.25) is 0 Å². The van der Waals surface area contributed by atoms with Crippen LogP contribution in [0.25, 0.3) is 10.8 Å². The molecule has 0 amide bonds. The quantitative estimate of drug-likeness (QED) is 0.600. The summed E-state index contributed by atoms with van der Waals surface area (Å²) in [5, 5.41) is 3.51. The maximum absolute atomic E-state index is 6.30. The zero-order valence-corrected chi connectivity index (χ0v) is 10.4. The first kappa shape index (κ1) is 10.5. The lowest BCUT2D eigenvalue weighted by Gasteiger charge is -2.12. The first-order valence-electron chi connectivity index (χ1n) is 5.18. The molecule has 0 unspecified atom stereocenters. The fourth-order valence-electron chi connectivity index (χ4n) is 2.06. The van der Waals surface area contributed by atoms with E-state index in [-0.39, 0.29) is 0 Å². The molecule has 0 N–H and O–H groups in total. The van der Waals surface area contributed by atoms with Crippen molar-refractivity contribution >= 4 is 22.4 Å². The van der Waals surface area contributed by atoms with Crippen LogP contribution in [0.15, 0.2) is 18.2 Å². The van der Waals surface area contributed by atoms with Gasteiger partial charge in [-0.05, 0) is 55.2 Å². The lowest BCUT2D eigenvalue weighted by molar-refractivity contribution is 1.34. The number of rotatable bonds is 0. The molecule has 0 spiro atoms. The number of hydrogen-bond acceptors (Lipinski definition) is 0. The van der Waals surface area contributed by atoms with Crippen LogP contribution in [0.1, 0.15) is 22.3 Å². The van der Waals surface area contributed by atoms with E-state index in [9.17, 15) is 0 Å². The lowest BCUT2D eigenvalue weighted by Crippen LogP contribution is -1.91. The first-order valence-corrected chi connectivity index (χ1v) is 5.55. The summed E-state index contributed by atoms with van der Waals surface area (Å²) in [7, 11) is 0. The van der Waals surface area contributed by atoms with Crippen LogP contribution in [0.3, 0.4) is 0 Å². The summed E-state index contributed by atoms with van der Waals surface area (Å²) >= 11 is 6.30. The highest BCUT2D eigenvalue weighted by Gasteiger charge is 2.09. The average Bonchev–Trinajstić information content (AvgIpc) is 2.23. The van der Waals surface area contributed by atoms with E-state index in [2.05, 4.69) is 45.9 Å². The van der Waals surface area contributed by atoms with E-state index < -0.39 is 0 Å². The van der Waals surface area contributed by atoms with Crippen molar-refractivity contribution < 1.29 is 0 Å². The summed E-state index contributed by atoms with van der Waals surface area (Å²) in [5.41, 5.74) is 4.98. The molecule has 0 aliphatic rings. The van der Waals surface area contributed by atoms with Crippen LogP contribution in [-0.4, -0.2) is 0 Å². The Morgan fingerprint density at radius 2 is 1.47 bits per heavy atom. The summed E-state index contributed by atoms with van der Waals surface area (Å²) < 4.78 is 0. The fraction of sp³-hybridized carbons (Fsp3) is 0.286. The molecule has 78 valence electrons. The Kier molecular flexibility index (Phi) is 2.47. The molecule has 0 saturated heterocycles. The Hall–Kier alpha value is -1.01. The van der Waals surface area contributed by atoms with Gasteiger partial charge in [-0.25, -0.2) is 0 Å². The summed E-state index contributed by atoms with van der Waals surface area (Å²) in [6.07, 6.45) is 0. The molecular weight excluding hydrogens is 204 g/mol. The maximum atomic E-state index is 6.30. The molecule has 0 radical (unpaired) electrons. The minimum atomic E-state index is 0.906. The van der Waals surface area contributed by atoms with Crippen LogP contribution < -0.4 is 0 Å². The minimum Gasteiger partial charge on any atom is -0.0837 e. The third kappa shape index (κ3) is 1.53. The molecule has 2 aromatic rings. The predicted octanol–water partition coefficient (Wildman–Crippen LogP) is 4.73. The molecular formula is C14H15Cl. The number of halogens is 1. The Morgan fingerprint density at radius 1 is 0.800 bits per heavy atom. The second-order valence-corrected chi connectivity index (χ2v) is 4.62. The van der Waals surface area contributed by atoms with Crippen LogP contribution >= 0.6 is 11.6 Å². The van der Waals surface area contributed by atoms with Crippen molar-refractivity contribution in [3.05, 3.63) is 45.5 Å². The van der Waals surface area contributed by atoms with Gasteiger partial charge in [-0.1, -0.05) is 35.4 Å².